The number of fused-ring (bicyclic) bond motifs is 1. The predicted molar refractivity (Wildman–Crippen MR) is 71.1 cm³/mol. The highest BCUT2D eigenvalue weighted by molar-refractivity contribution is 5.80. The average Bonchev–Trinajstić information content (AvgIpc) is 2.81. The summed E-state index contributed by atoms with van der Waals surface area (Å²) in [6.07, 6.45) is 3.43. The molecule has 3 rings (SSSR count). The monoisotopic (exact) mass is 274 g/mol. The molecule has 0 fully saturated rings. The van der Waals surface area contributed by atoms with Crippen molar-refractivity contribution in [2.24, 2.45) is 0 Å². The molecule has 0 aliphatic carbocycles. The Bertz CT molecular complexity index is 768. The number of rotatable bonds is 3. The van der Waals surface area contributed by atoms with Gasteiger partial charge in [0.15, 0.2) is 11.6 Å². The van der Waals surface area contributed by atoms with E-state index in [1.54, 1.807) is 18.5 Å². The lowest BCUT2D eigenvalue weighted by Crippen LogP contribution is -2.00. The summed E-state index contributed by atoms with van der Waals surface area (Å²) in [6, 6.07) is 7.48. The van der Waals surface area contributed by atoms with Crippen LogP contribution in [0, 0.1) is 11.6 Å². The van der Waals surface area contributed by atoms with Gasteiger partial charge in [0.25, 0.3) is 0 Å². The van der Waals surface area contributed by atoms with Crippen LogP contribution in [-0.2, 0) is 13.2 Å². The van der Waals surface area contributed by atoms with Crippen molar-refractivity contribution >= 4 is 11.0 Å². The van der Waals surface area contributed by atoms with Gasteiger partial charge >= 0.3 is 0 Å². The predicted octanol–water partition coefficient (Wildman–Crippen LogP) is 2.86. The van der Waals surface area contributed by atoms with Gasteiger partial charge in [-0.1, -0.05) is 6.07 Å². The number of hydrogen-bond donors (Lipinski definition) is 1. The molecule has 0 aliphatic heterocycles. The van der Waals surface area contributed by atoms with Gasteiger partial charge in [-0.05, 0) is 29.8 Å². The standard InChI is InChI=1S/C15H12F2N2O/c16-13-4-3-10(6-14(13)17)7-19-8-11(9-20)12-2-1-5-18-15(12)19/h1-6,8,20H,7,9H2. The first-order valence-electron chi connectivity index (χ1n) is 6.16. The van der Waals surface area contributed by atoms with Gasteiger partial charge in [0.2, 0.25) is 0 Å². The van der Waals surface area contributed by atoms with E-state index in [9.17, 15) is 13.9 Å². The summed E-state index contributed by atoms with van der Waals surface area (Å²) in [5.41, 5.74) is 2.10. The normalized spacial score (nSPS) is 11.2. The summed E-state index contributed by atoms with van der Waals surface area (Å²) in [7, 11) is 0. The molecule has 2 aromatic heterocycles. The van der Waals surface area contributed by atoms with Crippen LogP contribution in [0.2, 0.25) is 0 Å². The quantitative estimate of drug-likeness (QED) is 0.797. The third-order valence-electron chi connectivity index (χ3n) is 3.22. The van der Waals surface area contributed by atoms with Gasteiger partial charge < -0.3 is 9.67 Å². The molecular weight excluding hydrogens is 262 g/mol. The molecule has 1 N–H and O–H groups in total. The van der Waals surface area contributed by atoms with Gasteiger partial charge in [0.05, 0.1) is 6.61 Å². The summed E-state index contributed by atoms with van der Waals surface area (Å²) in [6.45, 7) is 0.275. The third kappa shape index (κ3) is 2.16. The molecule has 2 heterocycles. The zero-order valence-electron chi connectivity index (χ0n) is 10.6. The van der Waals surface area contributed by atoms with E-state index < -0.39 is 11.6 Å². The second-order valence-electron chi connectivity index (χ2n) is 4.56. The van der Waals surface area contributed by atoms with E-state index in [0.29, 0.717) is 17.8 Å². The molecule has 3 aromatic rings. The molecule has 5 heteroatoms. The first kappa shape index (κ1) is 12.7. The first-order valence-corrected chi connectivity index (χ1v) is 6.16. The largest absolute Gasteiger partial charge is 0.392 e. The van der Waals surface area contributed by atoms with Crippen molar-refractivity contribution in [2.75, 3.05) is 0 Å². The number of benzene rings is 1. The Morgan fingerprint density at radius 3 is 2.75 bits per heavy atom. The summed E-state index contributed by atoms with van der Waals surface area (Å²) in [4.78, 5) is 4.27. The second-order valence-corrected chi connectivity index (χ2v) is 4.56. The van der Waals surface area contributed by atoms with E-state index in [-0.39, 0.29) is 6.61 Å². The zero-order chi connectivity index (χ0) is 14.1. The van der Waals surface area contributed by atoms with Crippen molar-refractivity contribution < 1.29 is 13.9 Å². The molecule has 0 aliphatic rings. The Morgan fingerprint density at radius 1 is 1.15 bits per heavy atom. The molecular formula is C15H12F2N2O. The van der Waals surface area contributed by atoms with Crippen LogP contribution in [0.3, 0.4) is 0 Å². The van der Waals surface area contributed by atoms with Crippen LogP contribution in [0.4, 0.5) is 8.78 Å². The Kier molecular flexibility index (Phi) is 3.20. The van der Waals surface area contributed by atoms with E-state index in [1.807, 2.05) is 10.6 Å². The van der Waals surface area contributed by atoms with Crippen molar-refractivity contribution in [1.29, 1.82) is 0 Å². The number of nitrogens with zero attached hydrogens (tertiary/aromatic N) is 2. The maximum absolute atomic E-state index is 13.2. The number of hydrogen-bond acceptors (Lipinski definition) is 2. The summed E-state index contributed by atoms with van der Waals surface area (Å²) < 4.78 is 28.0. The fraction of sp³-hybridized carbons (Fsp3) is 0.133. The topological polar surface area (TPSA) is 38.0 Å². The minimum absolute atomic E-state index is 0.0903. The van der Waals surface area contributed by atoms with Gasteiger partial charge in [-0.15, -0.1) is 0 Å². The van der Waals surface area contributed by atoms with E-state index in [1.165, 1.54) is 12.1 Å². The fourth-order valence-electron chi connectivity index (χ4n) is 2.28. The van der Waals surface area contributed by atoms with Crippen LogP contribution in [0.25, 0.3) is 11.0 Å². The summed E-state index contributed by atoms with van der Waals surface area (Å²) in [5, 5.41) is 10.2. The van der Waals surface area contributed by atoms with Gasteiger partial charge in [-0.3, -0.25) is 0 Å². The van der Waals surface area contributed by atoms with Crippen molar-refractivity contribution in [3.63, 3.8) is 0 Å². The minimum Gasteiger partial charge on any atom is -0.392 e. The van der Waals surface area contributed by atoms with E-state index in [2.05, 4.69) is 4.98 Å². The maximum Gasteiger partial charge on any atom is 0.159 e. The van der Waals surface area contributed by atoms with Crippen LogP contribution in [-0.4, -0.2) is 14.7 Å². The molecule has 0 unspecified atom stereocenters. The summed E-state index contributed by atoms with van der Waals surface area (Å²) in [5.74, 6) is -1.73. The second kappa shape index (κ2) is 5.02. The lowest BCUT2D eigenvalue weighted by Gasteiger charge is -2.05. The van der Waals surface area contributed by atoms with Gasteiger partial charge in [0, 0.05) is 29.9 Å². The molecule has 0 saturated heterocycles. The molecule has 0 spiro atoms. The number of pyridine rings is 1. The Morgan fingerprint density at radius 2 is 2.00 bits per heavy atom. The number of aromatic nitrogens is 2. The van der Waals surface area contributed by atoms with E-state index in [4.69, 9.17) is 0 Å². The zero-order valence-corrected chi connectivity index (χ0v) is 10.6. The third-order valence-corrected chi connectivity index (χ3v) is 3.22. The lowest BCUT2D eigenvalue weighted by molar-refractivity contribution is 0.283. The van der Waals surface area contributed by atoms with Gasteiger partial charge in [-0.2, -0.15) is 0 Å². The fourth-order valence-corrected chi connectivity index (χ4v) is 2.28. The highest BCUT2D eigenvalue weighted by Gasteiger charge is 2.10. The molecule has 0 atom stereocenters. The molecule has 3 nitrogen and oxygen atoms in total. The smallest absolute Gasteiger partial charge is 0.159 e. The van der Waals surface area contributed by atoms with Crippen molar-refractivity contribution in [3.8, 4) is 0 Å². The summed E-state index contributed by atoms with van der Waals surface area (Å²) >= 11 is 0. The lowest BCUT2D eigenvalue weighted by atomic mass is 10.2. The van der Waals surface area contributed by atoms with Crippen molar-refractivity contribution in [3.05, 3.63) is 65.5 Å². The highest BCUT2D eigenvalue weighted by atomic mass is 19.2. The highest BCUT2D eigenvalue weighted by Crippen LogP contribution is 2.21. The number of aliphatic hydroxyl groups excluding tert-OH is 1. The molecule has 0 bridgehead atoms. The maximum atomic E-state index is 13.2. The SMILES string of the molecule is OCc1cn(Cc2ccc(F)c(F)c2)c2ncccc12. The van der Waals surface area contributed by atoms with Gasteiger partial charge in [-0.25, -0.2) is 13.8 Å². The Labute approximate surface area is 114 Å². The average molecular weight is 274 g/mol. The first-order chi connectivity index (χ1) is 9.69. The van der Waals surface area contributed by atoms with E-state index in [0.717, 1.165) is 17.0 Å². The van der Waals surface area contributed by atoms with Crippen LogP contribution in [0.1, 0.15) is 11.1 Å². The molecule has 0 radical (unpaired) electrons. The molecule has 102 valence electrons. The Hall–Kier alpha value is -2.27. The van der Waals surface area contributed by atoms with Crippen LogP contribution in [0.15, 0.2) is 42.7 Å². The van der Waals surface area contributed by atoms with Crippen molar-refractivity contribution in [1.82, 2.24) is 9.55 Å². The number of aliphatic hydroxyl groups is 1. The number of halogens is 2. The van der Waals surface area contributed by atoms with Crippen molar-refractivity contribution in [2.45, 2.75) is 13.2 Å². The minimum atomic E-state index is -0.866. The van der Waals surface area contributed by atoms with E-state index >= 15 is 0 Å². The molecule has 0 amide bonds. The van der Waals surface area contributed by atoms with Gasteiger partial charge in [0.1, 0.15) is 5.65 Å². The van der Waals surface area contributed by atoms with Crippen LogP contribution < -0.4 is 0 Å². The molecule has 20 heavy (non-hydrogen) atoms. The molecule has 1 aromatic carbocycles. The Balaban J connectivity index is 2.04. The van der Waals surface area contributed by atoms with Crippen LogP contribution >= 0.6 is 0 Å². The molecule has 0 saturated carbocycles. The van der Waals surface area contributed by atoms with Crippen LogP contribution in [0.5, 0.6) is 0 Å².